The Labute approximate surface area is 225 Å². The van der Waals surface area contributed by atoms with Crippen LogP contribution < -0.4 is 15.5 Å². The Morgan fingerprint density at radius 2 is 1.19 bits per heavy atom. The minimum absolute atomic E-state index is 1.06. The third kappa shape index (κ3) is 9.96. The Morgan fingerprint density at radius 1 is 0.639 bits per heavy atom. The first-order valence-electron chi connectivity index (χ1n) is 15.0. The Kier molecular flexibility index (Phi) is 13.5. The van der Waals surface area contributed by atoms with Crippen molar-refractivity contribution in [3.63, 3.8) is 0 Å². The molecule has 2 aromatic carbocycles. The van der Waals surface area contributed by atoms with Gasteiger partial charge in [0, 0.05) is 28.6 Å². The molecule has 2 nitrogen and oxygen atoms in total. The van der Waals surface area contributed by atoms with E-state index in [1.165, 1.54) is 125 Å². The van der Waals surface area contributed by atoms with E-state index in [-0.39, 0.29) is 0 Å². The number of fused-ring (bicyclic) bond motifs is 2. The molecule has 1 heterocycles. The summed E-state index contributed by atoms with van der Waals surface area (Å²) in [7, 11) is 0. The topological polar surface area (TPSA) is 15.6 Å². The van der Waals surface area contributed by atoms with E-state index >= 15 is 0 Å². The van der Waals surface area contributed by atoms with Gasteiger partial charge in [-0.05, 0) is 48.4 Å². The van der Waals surface area contributed by atoms with E-state index < -0.39 is 0 Å². The standard InChI is InChI=1S/C33H50N2S/c1-4-6-8-9-10-11-12-13-14-15-16-17-19-25-35(24-18-7-5-2)29-21-23-31-33(27-29)36-32-26-28(3)20-22-30(32)34-31/h20-23,26-27H,3-19,24-25H2,1-2H3. The van der Waals surface area contributed by atoms with E-state index in [9.17, 15) is 0 Å². The Balaban J connectivity index is 1.42. The molecule has 0 saturated carbocycles. The molecular weight excluding hydrogens is 456 g/mol. The summed E-state index contributed by atoms with van der Waals surface area (Å²) in [6.45, 7) is 11.0. The van der Waals surface area contributed by atoms with Crippen molar-refractivity contribution >= 4 is 29.7 Å². The van der Waals surface area contributed by atoms with Gasteiger partial charge in [-0.25, -0.2) is 4.99 Å². The van der Waals surface area contributed by atoms with Crippen molar-refractivity contribution in [1.29, 1.82) is 0 Å². The summed E-state index contributed by atoms with van der Waals surface area (Å²) in [6, 6.07) is 13.2. The molecule has 0 atom stereocenters. The number of anilines is 1. The van der Waals surface area contributed by atoms with Crippen LogP contribution in [0.15, 0.2) is 51.2 Å². The minimum Gasteiger partial charge on any atom is -0.372 e. The highest BCUT2D eigenvalue weighted by Gasteiger charge is 2.15. The SMILES string of the molecule is C=c1ccc2c(c1)Sc1cc(N(CCCCC)CCCCCCCCCCCCCCC)ccc1N=2. The predicted molar refractivity (Wildman–Crippen MR) is 160 cm³/mol. The maximum Gasteiger partial charge on any atom is 0.0778 e. The molecule has 2 aromatic rings. The normalized spacial score (nSPS) is 12.2. The van der Waals surface area contributed by atoms with Crippen molar-refractivity contribution in [1.82, 2.24) is 0 Å². The highest BCUT2D eigenvalue weighted by molar-refractivity contribution is 7.99. The highest BCUT2D eigenvalue weighted by Crippen LogP contribution is 2.38. The predicted octanol–water partition coefficient (Wildman–Crippen LogP) is 9.60. The summed E-state index contributed by atoms with van der Waals surface area (Å²) in [4.78, 5) is 10.0. The number of unbranched alkanes of at least 4 members (excludes halogenated alkanes) is 14. The van der Waals surface area contributed by atoms with Crippen LogP contribution in [0.25, 0.3) is 6.58 Å². The Hall–Kier alpha value is -1.74. The van der Waals surface area contributed by atoms with Gasteiger partial charge in [0.15, 0.2) is 0 Å². The first-order valence-corrected chi connectivity index (χ1v) is 15.8. The van der Waals surface area contributed by atoms with Crippen molar-refractivity contribution in [2.45, 2.75) is 126 Å². The number of hydrogen-bond acceptors (Lipinski definition) is 3. The van der Waals surface area contributed by atoms with Gasteiger partial charge in [-0.15, -0.1) is 0 Å². The van der Waals surface area contributed by atoms with Gasteiger partial charge < -0.3 is 4.90 Å². The fourth-order valence-electron chi connectivity index (χ4n) is 5.10. The minimum atomic E-state index is 1.06. The van der Waals surface area contributed by atoms with Crippen LogP contribution >= 0.6 is 11.8 Å². The van der Waals surface area contributed by atoms with Crippen LogP contribution in [0.5, 0.6) is 0 Å². The van der Waals surface area contributed by atoms with Crippen LogP contribution in [0.4, 0.5) is 11.4 Å². The molecule has 3 rings (SSSR count). The van der Waals surface area contributed by atoms with Gasteiger partial charge >= 0.3 is 0 Å². The van der Waals surface area contributed by atoms with Crippen LogP contribution in [0.2, 0.25) is 0 Å². The number of rotatable bonds is 19. The molecular formula is C33H50N2S. The smallest absolute Gasteiger partial charge is 0.0778 e. The van der Waals surface area contributed by atoms with Crippen LogP contribution in [0.3, 0.4) is 0 Å². The summed E-state index contributed by atoms with van der Waals surface area (Å²) in [6.07, 6.45) is 22.2. The lowest BCUT2D eigenvalue weighted by Gasteiger charge is -2.26. The van der Waals surface area contributed by atoms with E-state index in [4.69, 9.17) is 4.99 Å². The second kappa shape index (κ2) is 16.9. The molecule has 0 radical (unpaired) electrons. The van der Waals surface area contributed by atoms with Gasteiger partial charge in [-0.3, -0.25) is 0 Å². The molecule has 0 spiro atoms. The van der Waals surface area contributed by atoms with E-state index in [2.05, 4.69) is 55.7 Å². The van der Waals surface area contributed by atoms with E-state index in [0.717, 1.165) is 22.8 Å². The summed E-state index contributed by atoms with van der Waals surface area (Å²) in [5.41, 5.74) is 2.46. The van der Waals surface area contributed by atoms with Crippen molar-refractivity contribution in [3.8, 4) is 0 Å². The maximum absolute atomic E-state index is 4.90. The van der Waals surface area contributed by atoms with Crippen molar-refractivity contribution in [2.24, 2.45) is 4.99 Å². The zero-order valence-corrected chi connectivity index (χ0v) is 24.0. The molecule has 0 bridgehead atoms. The fraction of sp³-hybridized carbons (Fsp3) is 0.606. The summed E-state index contributed by atoms with van der Waals surface area (Å²) in [5.74, 6) is 0. The van der Waals surface area contributed by atoms with Crippen LogP contribution in [0.1, 0.15) is 117 Å². The van der Waals surface area contributed by atoms with Gasteiger partial charge in [0.25, 0.3) is 0 Å². The van der Waals surface area contributed by atoms with Crippen LogP contribution in [-0.2, 0) is 0 Å². The maximum atomic E-state index is 4.90. The third-order valence-electron chi connectivity index (χ3n) is 7.36. The van der Waals surface area contributed by atoms with E-state index in [0.29, 0.717) is 0 Å². The molecule has 0 N–H and O–H groups in total. The van der Waals surface area contributed by atoms with Crippen molar-refractivity contribution in [3.05, 3.63) is 47.0 Å². The quantitative estimate of drug-likeness (QED) is 0.150. The molecule has 0 aliphatic carbocycles. The van der Waals surface area contributed by atoms with Crippen LogP contribution in [0, 0.1) is 0 Å². The number of benzene rings is 2. The van der Waals surface area contributed by atoms with E-state index in [1.807, 2.05) is 17.8 Å². The fourth-order valence-corrected chi connectivity index (χ4v) is 6.16. The number of nitrogens with zero attached hydrogens (tertiary/aromatic N) is 2. The lowest BCUT2D eigenvalue weighted by molar-refractivity contribution is 0.537. The highest BCUT2D eigenvalue weighted by atomic mass is 32.2. The van der Waals surface area contributed by atoms with Gasteiger partial charge in [0.05, 0.1) is 11.0 Å². The Morgan fingerprint density at radius 3 is 1.83 bits per heavy atom. The molecule has 198 valence electrons. The lowest BCUT2D eigenvalue weighted by Crippen LogP contribution is -2.25. The van der Waals surface area contributed by atoms with Crippen LogP contribution in [-0.4, -0.2) is 13.1 Å². The van der Waals surface area contributed by atoms with Crippen molar-refractivity contribution in [2.75, 3.05) is 18.0 Å². The first kappa shape index (κ1) is 28.8. The summed E-state index contributed by atoms with van der Waals surface area (Å²) < 4.78 is 0. The molecule has 0 aromatic heterocycles. The Bertz CT molecular complexity index is 999. The van der Waals surface area contributed by atoms with Gasteiger partial charge in [-0.2, -0.15) is 0 Å². The average Bonchev–Trinajstić information content (AvgIpc) is 2.89. The van der Waals surface area contributed by atoms with E-state index in [1.54, 1.807) is 0 Å². The summed E-state index contributed by atoms with van der Waals surface area (Å²) >= 11 is 1.84. The summed E-state index contributed by atoms with van der Waals surface area (Å²) in [5, 5.41) is 2.12. The molecule has 0 unspecified atom stereocenters. The average molecular weight is 507 g/mol. The zero-order chi connectivity index (χ0) is 25.4. The second-order valence-corrected chi connectivity index (χ2v) is 11.7. The molecule has 36 heavy (non-hydrogen) atoms. The monoisotopic (exact) mass is 506 g/mol. The second-order valence-electron chi connectivity index (χ2n) is 10.6. The van der Waals surface area contributed by atoms with Gasteiger partial charge in [0.1, 0.15) is 0 Å². The van der Waals surface area contributed by atoms with Gasteiger partial charge in [-0.1, -0.05) is 128 Å². The first-order chi connectivity index (χ1) is 17.7. The van der Waals surface area contributed by atoms with Gasteiger partial charge in [0.2, 0.25) is 0 Å². The third-order valence-corrected chi connectivity index (χ3v) is 8.45. The largest absolute Gasteiger partial charge is 0.372 e. The lowest BCUT2D eigenvalue weighted by atomic mass is 10.0. The molecule has 1 aliphatic heterocycles. The molecule has 0 amide bonds. The molecule has 0 fully saturated rings. The number of hydrogen-bond donors (Lipinski definition) is 0. The molecule has 3 heteroatoms. The zero-order valence-electron chi connectivity index (χ0n) is 23.2. The van der Waals surface area contributed by atoms with Crippen molar-refractivity contribution < 1.29 is 0 Å². The molecule has 1 aliphatic rings. The molecule has 0 saturated heterocycles.